The molecule has 7 heteroatoms. The highest BCUT2D eigenvalue weighted by Crippen LogP contribution is 2.48. The van der Waals surface area contributed by atoms with Gasteiger partial charge in [-0.15, -0.1) is 0 Å². The zero-order valence-electron chi connectivity index (χ0n) is 13.2. The third-order valence-corrected chi connectivity index (χ3v) is 4.90. The first-order valence-corrected chi connectivity index (χ1v) is 8.17. The summed E-state index contributed by atoms with van der Waals surface area (Å²) in [5.74, 6) is -1.59. The van der Waals surface area contributed by atoms with E-state index >= 15 is 0 Å². The number of imide groups is 1. The first-order chi connectivity index (χ1) is 11.6. The largest absolute Gasteiger partial charge is 0.494 e. The fraction of sp³-hybridized carbons (Fsp3) is 0.471. The highest BCUT2D eigenvalue weighted by Gasteiger charge is 2.62. The predicted molar refractivity (Wildman–Crippen MR) is 81.8 cm³/mol. The normalized spacial score (nSPS) is 30.6. The lowest BCUT2D eigenvalue weighted by atomic mass is 9.81. The summed E-state index contributed by atoms with van der Waals surface area (Å²) in [7, 11) is 0. The van der Waals surface area contributed by atoms with Gasteiger partial charge >= 0.3 is 0 Å². The van der Waals surface area contributed by atoms with Gasteiger partial charge in [0.25, 0.3) is 17.7 Å². The van der Waals surface area contributed by atoms with Crippen LogP contribution in [0.5, 0.6) is 5.75 Å². The highest BCUT2D eigenvalue weighted by molar-refractivity contribution is 6.08. The summed E-state index contributed by atoms with van der Waals surface area (Å²) in [6.45, 7) is 2.34. The van der Waals surface area contributed by atoms with E-state index in [0.717, 1.165) is 17.9 Å². The van der Waals surface area contributed by atoms with Gasteiger partial charge in [0.2, 0.25) is 0 Å². The lowest BCUT2D eigenvalue weighted by Crippen LogP contribution is -2.47. The van der Waals surface area contributed by atoms with Gasteiger partial charge in [0.1, 0.15) is 5.75 Å². The lowest BCUT2D eigenvalue weighted by molar-refractivity contribution is -0.145. The van der Waals surface area contributed by atoms with Gasteiger partial charge in [-0.1, -0.05) is 6.07 Å². The molecule has 0 spiro atoms. The van der Waals surface area contributed by atoms with Crippen LogP contribution in [0.1, 0.15) is 30.1 Å². The molecule has 0 radical (unpaired) electrons. The van der Waals surface area contributed by atoms with Crippen LogP contribution >= 0.6 is 0 Å². The Kier molecular flexibility index (Phi) is 3.53. The fourth-order valence-electron chi connectivity index (χ4n) is 3.88. The van der Waals surface area contributed by atoms with Crippen LogP contribution < -0.4 is 10.2 Å². The standard InChI is InChI=1S/C17H18N2O5/c1-2-23-10-5-3-4-9(8-10)15(20)18-19-16(21)13-11-6-7-12(24-11)14(13)17(19)22/h3-5,8,11-14H,2,6-7H2,1H3,(H,18,20)/t11-,12-,13-,14+/m1/s1. The quantitative estimate of drug-likeness (QED) is 0.829. The van der Waals surface area contributed by atoms with Crippen LogP contribution in [0, 0.1) is 11.8 Å². The van der Waals surface area contributed by atoms with Gasteiger partial charge in [0.05, 0.1) is 30.7 Å². The molecule has 0 aromatic heterocycles. The van der Waals surface area contributed by atoms with E-state index < -0.39 is 17.7 Å². The van der Waals surface area contributed by atoms with E-state index in [1.165, 1.54) is 0 Å². The molecular formula is C17H18N2O5. The van der Waals surface area contributed by atoms with Crippen molar-refractivity contribution in [1.82, 2.24) is 10.4 Å². The first-order valence-electron chi connectivity index (χ1n) is 8.17. The lowest BCUT2D eigenvalue weighted by Gasteiger charge is -2.18. The Bertz CT molecular complexity index is 691. The maximum Gasteiger partial charge on any atom is 0.270 e. The van der Waals surface area contributed by atoms with Crippen molar-refractivity contribution in [3.63, 3.8) is 0 Å². The Labute approximate surface area is 138 Å². The van der Waals surface area contributed by atoms with Gasteiger partial charge in [-0.3, -0.25) is 19.8 Å². The zero-order valence-corrected chi connectivity index (χ0v) is 13.2. The van der Waals surface area contributed by atoms with Crippen LogP contribution in [0.25, 0.3) is 0 Å². The molecule has 3 fully saturated rings. The Morgan fingerprint density at radius 1 is 1.25 bits per heavy atom. The molecule has 0 unspecified atom stereocenters. The summed E-state index contributed by atoms with van der Waals surface area (Å²) in [5.41, 5.74) is 2.78. The van der Waals surface area contributed by atoms with Crippen molar-refractivity contribution < 1.29 is 23.9 Å². The van der Waals surface area contributed by atoms with Gasteiger partial charge in [-0.25, -0.2) is 0 Å². The van der Waals surface area contributed by atoms with Gasteiger partial charge in [0, 0.05) is 5.56 Å². The second-order valence-electron chi connectivity index (χ2n) is 6.26. The van der Waals surface area contributed by atoms with Crippen LogP contribution in [0.15, 0.2) is 24.3 Å². The predicted octanol–water partition coefficient (Wildman–Crippen LogP) is 0.892. The Hall–Kier alpha value is -2.41. The second-order valence-corrected chi connectivity index (χ2v) is 6.26. The Balaban J connectivity index is 1.51. The molecule has 3 aliphatic heterocycles. The molecule has 0 saturated carbocycles. The van der Waals surface area contributed by atoms with E-state index in [0.29, 0.717) is 17.9 Å². The van der Waals surface area contributed by atoms with Crippen LogP contribution in [-0.4, -0.2) is 41.5 Å². The summed E-state index contributed by atoms with van der Waals surface area (Å²) in [5, 5.41) is 0.874. The monoisotopic (exact) mass is 330 g/mol. The summed E-state index contributed by atoms with van der Waals surface area (Å²) < 4.78 is 11.0. The van der Waals surface area contributed by atoms with Crippen molar-refractivity contribution in [1.29, 1.82) is 0 Å². The molecule has 1 aromatic rings. The van der Waals surface area contributed by atoms with E-state index in [2.05, 4.69) is 5.43 Å². The molecule has 3 aliphatic rings. The highest BCUT2D eigenvalue weighted by atomic mass is 16.5. The first kappa shape index (κ1) is 15.1. The smallest absolute Gasteiger partial charge is 0.270 e. The van der Waals surface area contributed by atoms with Crippen molar-refractivity contribution in [2.45, 2.75) is 32.0 Å². The molecule has 3 amide bonds. The molecule has 1 N–H and O–H groups in total. The molecule has 24 heavy (non-hydrogen) atoms. The van der Waals surface area contributed by atoms with Crippen LogP contribution in [0.4, 0.5) is 0 Å². The minimum atomic E-state index is -0.508. The number of nitrogens with one attached hydrogen (secondary N) is 1. The maximum absolute atomic E-state index is 12.5. The third kappa shape index (κ3) is 2.19. The van der Waals surface area contributed by atoms with Gasteiger partial charge in [0.15, 0.2) is 0 Å². The Morgan fingerprint density at radius 2 is 1.92 bits per heavy atom. The number of fused-ring (bicyclic) bond motifs is 5. The third-order valence-electron chi connectivity index (χ3n) is 4.90. The molecular weight excluding hydrogens is 312 g/mol. The molecule has 0 aliphatic carbocycles. The van der Waals surface area contributed by atoms with Crippen molar-refractivity contribution in [3.8, 4) is 5.75 Å². The fourth-order valence-corrected chi connectivity index (χ4v) is 3.88. The van der Waals surface area contributed by atoms with E-state index in [4.69, 9.17) is 9.47 Å². The molecule has 126 valence electrons. The van der Waals surface area contributed by atoms with Gasteiger partial charge in [-0.05, 0) is 38.0 Å². The number of rotatable bonds is 4. The van der Waals surface area contributed by atoms with E-state index in [1.807, 2.05) is 6.92 Å². The van der Waals surface area contributed by atoms with E-state index in [9.17, 15) is 14.4 Å². The average Bonchev–Trinajstić information content (AvgIpc) is 3.25. The minimum absolute atomic E-state index is 0.195. The zero-order chi connectivity index (χ0) is 16.8. The van der Waals surface area contributed by atoms with E-state index in [1.54, 1.807) is 24.3 Å². The Morgan fingerprint density at radius 3 is 2.54 bits per heavy atom. The topological polar surface area (TPSA) is 84.9 Å². The number of hydrogen-bond acceptors (Lipinski definition) is 5. The number of nitrogens with zero attached hydrogens (tertiary/aromatic N) is 1. The van der Waals surface area contributed by atoms with Crippen LogP contribution in [0.2, 0.25) is 0 Å². The summed E-state index contributed by atoms with van der Waals surface area (Å²) in [6, 6.07) is 6.62. The summed E-state index contributed by atoms with van der Waals surface area (Å²) in [6.07, 6.45) is 1.20. The number of hydrazine groups is 1. The maximum atomic E-state index is 12.5. The average molecular weight is 330 g/mol. The molecule has 4 rings (SSSR count). The number of amides is 3. The molecule has 1 aromatic carbocycles. The second kappa shape index (κ2) is 5.59. The van der Waals surface area contributed by atoms with Gasteiger partial charge < -0.3 is 9.47 Å². The minimum Gasteiger partial charge on any atom is -0.494 e. The van der Waals surface area contributed by atoms with E-state index in [-0.39, 0.29) is 24.0 Å². The molecule has 3 saturated heterocycles. The SMILES string of the molecule is CCOc1cccc(C(=O)NN2C(=O)[C@@H]3[C@H](C2=O)[C@H]2CC[C@H]3O2)c1. The molecule has 4 atom stereocenters. The number of hydrogen-bond donors (Lipinski definition) is 1. The van der Waals surface area contributed by atoms with Crippen molar-refractivity contribution >= 4 is 17.7 Å². The number of carbonyl (C=O) groups excluding carboxylic acids is 3. The molecule has 2 bridgehead atoms. The summed E-state index contributed by atoms with van der Waals surface area (Å²) >= 11 is 0. The van der Waals surface area contributed by atoms with Crippen LogP contribution in [-0.2, 0) is 14.3 Å². The van der Waals surface area contributed by atoms with Crippen molar-refractivity contribution in [2.24, 2.45) is 11.8 Å². The van der Waals surface area contributed by atoms with Crippen molar-refractivity contribution in [3.05, 3.63) is 29.8 Å². The number of ether oxygens (including phenoxy) is 2. The number of benzene rings is 1. The van der Waals surface area contributed by atoms with Gasteiger partial charge in [-0.2, -0.15) is 5.01 Å². The summed E-state index contributed by atoms with van der Waals surface area (Å²) in [4.78, 5) is 37.4. The van der Waals surface area contributed by atoms with Crippen LogP contribution in [0.3, 0.4) is 0 Å². The molecule has 7 nitrogen and oxygen atoms in total. The van der Waals surface area contributed by atoms with Crippen molar-refractivity contribution in [2.75, 3.05) is 6.61 Å². The number of carbonyl (C=O) groups is 3. The molecule has 3 heterocycles.